The number of anilines is 2. The van der Waals surface area contributed by atoms with Crippen LogP contribution < -0.4 is 14.9 Å². The van der Waals surface area contributed by atoms with E-state index in [1.54, 1.807) is 24.3 Å². The summed E-state index contributed by atoms with van der Waals surface area (Å²) in [7, 11) is -3.73. The lowest BCUT2D eigenvalue weighted by atomic mass is 10.2. The Morgan fingerprint density at radius 1 is 1.07 bits per heavy atom. The SMILES string of the molecule is O=C(CN1CCc2ccccc21)Nc1cccc(S(=O)(=O)NCc2ccco2)c1. The third-order valence-electron chi connectivity index (χ3n) is 4.76. The molecule has 1 aliphatic rings. The molecule has 2 aromatic carbocycles. The second-order valence-corrected chi connectivity index (χ2v) is 8.55. The molecule has 0 radical (unpaired) electrons. The fourth-order valence-electron chi connectivity index (χ4n) is 3.35. The molecule has 0 saturated carbocycles. The van der Waals surface area contributed by atoms with Gasteiger partial charge in [-0.2, -0.15) is 0 Å². The van der Waals surface area contributed by atoms with Crippen molar-refractivity contribution in [3.8, 4) is 0 Å². The molecule has 0 fully saturated rings. The summed E-state index contributed by atoms with van der Waals surface area (Å²) in [6.07, 6.45) is 2.40. The highest BCUT2D eigenvalue weighted by Gasteiger charge is 2.21. The Morgan fingerprint density at radius 3 is 2.76 bits per heavy atom. The Balaban J connectivity index is 1.40. The summed E-state index contributed by atoms with van der Waals surface area (Å²) in [4.78, 5) is 14.6. The average Bonchev–Trinajstić information content (AvgIpc) is 3.37. The number of carbonyl (C=O) groups excluding carboxylic acids is 1. The van der Waals surface area contributed by atoms with Gasteiger partial charge in [0.25, 0.3) is 0 Å². The van der Waals surface area contributed by atoms with E-state index in [2.05, 4.69) is 16.1 Å². The number of para-hydroxylation sites is 1. The molecule has 29 heavy (non-hydrogen) atoms. The summed E-state index contributed by atoms with van der Waals surface area (Å²) in [5.74, 6) is 0.323. The molecule has 8 heteroatoms. The standard InChI is InChI=1S/C21H21N3O4S/c25-21(15-24-11-10-16-5-1-2-9-20(16)24)23-17-6-3-8-19(13-17)29(26,27)22-14-18-7-4-12-28-18/h1-9,12-13,22H,10-11,14-15H2,(H,23,25). The molecule has 150 valence electrons. The Bertz CT molecular complexity index is 1110. The molecule has 1 aromatic heterocycles. The third-order valence-corrected chi connectivity index (χ3v) is 6.16. The largest absolute Gasteiger partial charge is 0.468 e. The number of hydrogen-bond donors (Lipinski definition) is 2. The maximum absolute atomic E-state index is 12.5. The van der Waals surface area contributed by atoms with Gasteiger partial charge in [-0.25, -0.2) is 13.1 Å². The zero-order chi connectivity index (χ0) is 20.3. The lowest BCUT2D eigenvalue weighted by Crippen LogP contribution is -2.32. The van der Waals surface area contributed by atoms with E-state index in [9.17, 15) is 13.2 Å². The predicted molar refractivity (Wildman–Crippen MR) is 110 cm³/mol. The highest BCUT2D eigenvalue weighted by atomic mass is 32.2. The molecule has 0 unspecified atom stereocenters. The Morgan fingerprint density at radius 2 is 1.93 bits per heavy atom. The van der Waals surface area contributed by atoms with Gasteiger partial charge in [0.05, 0.1) is 24.2 Å². The molecular weight excluding hydrogens is 390 g/mol. The molecule has 0 bridgehead atoms. The zero-order valence-corrected chi connectivity index (χ0v) is 16.5. The van der Waals surface area contributed by atoms with E-state index < -0.39 is 10.0 Å². The average molecular weight is 411 g/mol. The van der Waals surface area contributed by atoms with Crippen LogP contribution in [0.15, 0.2) is 76.2 Å². The van der Waals surface area contributed by atoms with Crippen molar-refractivity contribution >= 4 is 27.3 Å². The molecule has 4 rings (SSSR count). The Kier molecular flexibility index (Phi) is 5.37. The van der Waals surface area contributed by atoms with Crippen LogP contribution in [0.5, 0.6) is 0 Å². The van der Waals surface area contributed by atoms with E-state index >= 15 is 0 Å². The number of amides is 1. The number of furan rings is 1. The van der Waals surface area contributed by atoms with Crippen molar-refractivity contribution in [2.24, 2.45) is 0 Å². The van der Waals surface area contributed by atoms with Gasteiger partial charge >= 0.3 is 0 Å². The number of nitrogens with zero attached hydrogens (tertiary/aromatic N) is 1. The van der Waals surface area contributed by atoms with Gasteiger partial charge in [-0.05, 0) is 48.4 Å². The van der Waals surface area contributed by atoms with Crippen molar-refractivity contribution in [3.63, 3.8) is 0 Å². The van der Waals surface area contributed by atoms with Crippen LogP contribution in [0.2, 0.25) is 0 Å². The lowest BCUT2D eigenvalue weighted by molar-refractivity contribution is -0.115. The first-order valence-corrected chi connectivity index (χ1v) is 10.7. The van der Waals surface area contributed by atoms with Crippen LogP contribution in [-0.2, 0) is 27.8 Å². The van der Waals surface area contributed by atoms with E-state index in [-0.39, 0.29) is 23.9 Å². The minimum atomic E-state index is -3.73. The van der Waals surface area contributed by atoms with Gasteiger partial charge in [0, 0.05) is 17.9 Å². The second-order valence-electron chi connectivity index (χ2n) is 6.78. The summed E-state index contributed by atoms with van der Waals surface area (Å²) in [6.45, 7) is 1.06. The van der Waals surface area contributed by atoms with Crippen LogP contribution >= 0.6 is 0 Å². The normalized spacial score (nSPS) is 13.3. The van der Waals surface area contributed by atoms with E-state index in [1.165, 1.54) is 24.0 Å². The highest BCUT2D eigenvalue weighted by Crippen LogP contribution is 2.27. The number of carbonyl (C=O) groups is 1. The molecule has 0 saturated heterocycles. The maximum atomic E-state index is 12.5. The summed E-state index contributed by atoms with van der Waals surface area (Å²) in [5.41, 5.74) is 2.74. The third kappa shape index (κ3) is 4.49. The number of benzene rings is 2. The second kappa shape index (κ2) is 8.10. The number of fused-ring (bicyclic) bond motifs is 1. The topological polar surface area (TPSA) is 91.7 Å². The van der Waals surface area contributed by atoms with Crippen LogP contribution in [0.4, 0.5) is 11.4 Å². The number of nitrogens with one attached hydrogen (secondary N) is 2. The Hall–Kier alpha value is -3.10. The van der Waals surface area contributed by atoms with Crippen LogP contribution in [-0.4, -0.2) is 27.4 Å². The van der Waals surface area contributed by atoms with Gasteiger partial charge in [0.15, 0.2) is 0 Å². The maximum Gasteiger partial charge on any atom is 0.243 e. The summed E-state index contributed by atoms with van der Waals surface area (Å²) in [5, 5.41) is 2.79. The van der Waals surface area contributed by atoms with Gasteiger partial charge in [-0.3, -0.25) is 4.79 Å². The number of sulfonamides is 1. The van der Waals surface area contributed by atoms with Crippen molar-refractivity contribution in [1.82, 2.24) is 4.72 Å². The first-order chi connectivity index (χ1) is 14.0. The lowest BCUT2D eigenvalue weighted by Gasteiger charge is -2.18. The van der Waals surface area contributed by atoms with Gasteiger partial charge in [0.1, 0.15) is 5.76 Å². The van der Waals surface area contributed by atoms with Gasteiger partial charge in [-0.1, -0.05) is 24.3 Å². The smallest absolute Gasteiger partial charge is 0.243 e. The van der Waals surface area contributed by atoms with Crippen LogP contribution in [0.1, 0.15) is 11.3 Å². The molecule has 0 spiro atoms. The van der Waals surface area contributed by atoms with Crippen LogP contribution in [0.3, 0.4) is 0 Å². The molecule has 3 aromatic rings. The first kappa shape index (κ1) is 19.2. The fraction of sp³-hybridized carbons (Fsp3) is 0.190. The van der Waals surface area contributed by atoms with Crippen molar-refractivity contribution in [2.75, 3.05) is 23.3 Å². The quantitative estimate of drug-likeness (QED) is 0.624. The van der Waals surface area contributed by atoms with Crippen molar-refractivity contribution in [3.05, 3.63) is 78.3 Å². The minimum absolute atomic E-state index is 0.0558. The van der Waals surface area contributed by atoms with Crippen molar-refractivity contribution in [1.29, 1.82) is 0 Å². The number of rotatable bonds is 7. The fourth-order valence-corrected chi connectivity index (χ4v) is 4.39. The van der Waals surface area contributed by atoms with Gasteiger partial charge in [0.2, 0.25) is 15.9 Å². The van der Waals surface area contributed by atoms with E-state index in [1.807, 2.05) is 23.1 Å². The van der Waals surface area contributed by atoms with Gasteiger partial charge in [-0.15, -0.1) is 0 Å². The molecule has 1 amide bonds. The molecule has 0 atom stereocenters. The van der Waals surface area contributed by atoms with Crippen LogP contribution in [0.25, 0.3) is 0 Å². The van der Waals surface area contributed by atoms with E-state index in [4.69, 9.17) is 4.42 Å². The molecule has 2 N–H and O–H groups in total. The molecule has 7 nitrogen and oxygen atoms in total. The minimum Gasteiger partial charge on any atom is -0.468 e. The molecule has 1 aliphatic heterocycles. The van der Waals surface area contributed by atoms with Crippen molar-refractivity contribution in [2.45, 2.75) is 17.9 Å². The summed E-state index contributed by atoms with van der Waals surface area (Å²) < 4.78 is 32.6. The number of hydrogen-bond acceptors (Lipinski definition) is 5. The predicted octanol–water partition coefficient (Wildman–Crippen LogP) is 2.76. The van der Waals surface area contributed by atoms with E-state index in [0.717, 1.165) is 18.7 Å². The Labute approximate surface area is 169 Å². The summed E-state index contributed by atoms with van der Waals surface area (Å²) in [6, 6.07) is 17.6. The molecular formula is C21H21N3O4S. The molecule has 0 aliphatic carbocycles. The van der Waals surface area contributed by atoms with Gasteiger partial charge < -0.3 is 14.6 Å². The van der Waals surface area contributed by atoms with Crippen LogP contribution in [0, 0.1) is 0 Å². The zero-order valence-electron chi connectivity index (χ0n) is 15.7. The highest BCUT2D eigenvalue weighted by molar-refractivity contribution is 7.89. The van der Waals surface area contributed by atoms with Crippen molar-refractivity contribution < 1.29 is 17.6 Å². The van der Waals surface area contributed by atoms with E-state index in [0.29, 0.717) is 11.4 Å². The first-order valence-electron chi connectivity index (χ1n) is 9.26. The molecule has 2 heterocycles. The summed E-state index contributed by atoms with van der Waals surface area (Å²) >= 11 is 0. The monoisotopic (exact) mass is 411 g/mol.